The van der Waals surface area contributed by atoms with Crippen molar-refractivity contribution in [3.05, 3.63) is 40.8 Å². The van der Waals surface area contributed by atoms with E-state index >= 15 is 0 Å². The number of piperazine rings is 1. The SMILES string of the molecule is Cc1cc2c(s1)Nc1ccccc1NC2=NCCN1CCNCC1. The first kappa shape index (κ1) is 15.6. The Morgan fingerprint density at radius 1 is 1.12 bits per heavy atom. The smallest absolute Gasteiger partial charge is 0.135 e. The highest BCUT2D eigenvalue weighted by Crippen LogP contribution is 2.37. The number of aliphatic imine (C=N–C) groups is 1. The fourth-order valence-electron chi connectivity index (χ4n) is 3.16. The summed E-state index contributed by atoms with van der Waals surface area (Å²) in [6.07, 6.45) is 0. The van der Waals surface area contributed by atoms with Gasteiger partial charge in [0.15, 0.2) is 0 Å². The molecular weight excluding hydrogens is 318 g/mol. The van der Waals surface area contributed by atoms with Gasteiger partial charge in [0.2, 0.25) is 0 Å². The zero-order chi connectivity index (χ0) is 16.4. The third-order valence-electron chi connectivity index (χ3n) is 4.43. The molecule has 0 atom stereocenters. The molecule has 6 heteroatoms. The van der Waals surface area contributed by atoms with Crippen LogP contribution in [-0.4, -0.2) is 50.0 Å². The number of hydrogen-bond donors (Lipinski definition) is 3. The van der Waals surface area contributed by atoms with Crippen molar-refractivity contribution in [3.8, 4) is 0 Å². The van der Waals surface area contributed by atoms with E-state index in [0.29, 0.717) is 0 Å². The monoisotopic (exact) mass is 341 g/mol. The summed E-state index contributed by atoms with van der Waals surface area (Å²) in [5, 5.41) is 11.6. The molecule has 1 fully saturated rings. The molecule has 1 aromatic heterocycles. The van der Waals surface area contributed by atoms with Crippen molar-refractivity contribution in [2.75, 3.05) is 49.9 Å². The summed E-state index contributed by atoms with van der Waals surface area (Å²) in [6, 6.07) is 10.5. The molecule has 0 spiro atoms. The van der Waals surface area contributed by atoms with E-state index in [4.69, 9.17) is 4.99 Å². The Morgan fingerprint density at radius 3 is 2.67 bits per heavy atom. The van der Waals surface area contributed by atoms with Crippen LogP contribution in [0.1, 0.15) is 10.4 Å². The highest BCUT2D eigenvalue weighted by Gasteiger charge is 2.19. The van der Waals surface area contributed by atoms with E-state index < -0.39 is 0 Å². The highest BCUT2D eigenvalue weighted by molar-refractivity contribution is 7.16. The van der Waals surface area contributed by atoms with Crippen LogP contribution in [0.4, 0.5) is 16.4 Å². The van der Waals surface area contributed by atoms with Gasteiger partial charge < -0.3 is 16.0 Å². The number of rotatable bonds is 3. The minimum Gasteiger partial charge on any atom is -0.345 e. The lowest BCUT2D eigenvalue weighted by Crippen LogP contribution is -2.44. The maximum atomic E-state index is 4.90. The van der Waals surface area contributed by atoms with Crippen LogP contribution in [0.3, 0.4) is 0 Å². The average molecular weight is 341 g/mol. The molecule has 0 saturated carbocycles. The standard InChI is InChI=1S/C18H23N5S/c1-13-12-14-17(20-8-11-23-9-6-19-7-10-23)21-15-4-2-3-5-16(15)22-18(14)24-13/h2-5,12,19,22H,6-11H2,1H3,(H,20,21). The third-order valence-corrected chi connectivity index (χ3v) is 5.40. The molecule has 2 aromatic rings. The number of anilines is 3. The van der Waals surface area contributed by atoms with Crippen molar-refractivity contribution in [3.63, 3.8) is 0 Å². The van der Waals surface area contributed by atoms with Gasteiger partial charge in [0.1, 0.15) is 10.8 Å². The van der Waals surface area contributed by atoms with Crippen molar-refractivity contribution in [2.45, 2.75) is 6.92 Å². The molecule has 1 aromatic carbocycles. The first-order valence-electron chi connectivity index (χ1n) is 8.51. The molecular formula is C18H23N5S. The van der Waals surface area contributed by atoms with Crippen molar-refractivity contribution in [1.29, 1.82) is 0 Å². The molecule has 4 rings (SSSR count). The molecule has 0 aliphatic carbocycles. The Balaban J connectivity index is 1.57. The minimum atomic E-state index is 0.818. The van der Waals surface area contributed by atoms with Crippen LogP contribution in [0.25, 0.3) is 0 Å². The van der Waals surface area contributed by atoms with Crippen molar-refractivity contribution < 1.29 is 0 Å². The lowest BCUT2D eigenvalue weighted by molar-refractivity contribution is 0.247. The van der Waals surface area contributed by atoms with Gasteiger partial charge in [-0.1, -0.05) is 12.1 Å². The second-order valence-corrected chi connectivity index (χ2v) is 7.47. The summed E-state index contributed by atoms with van der Waals surface area (Å²) in [5.74, 6) is 0.974. The number of nitrogens with zero attached hydrogens (tertiary/aromatic N) is 2. The second kappa shape index (κ2) is 6.93. The topological polar surface area (TPSA) is 51.7 Å². The Morgan fingerprint density at radius 2 is 1.88 bits per heavy atom. The van der Waals surface area contributed by atoms with Crippen LogP contribution < -0.4 is 16.0 Å². The molecule has 0 amide bonds. The van der Waals surface area contributed by atoms with Gasteiger partial charge in [-0.05, 0) is 25.1 Å². The van der Waals surface area contributed by atoms with E-state index in [1.807, 2.05) is 0 Å². The first-order valence-corrected chi connectivity index (χ1v) is 9.33. The van der Waals surface area contributed by atoms with E-state index in [-0.39, 0.29) is 0 Å². The molecule has 3 N–H and O–H groups in total. The number of amidine groups is 1. The van der Waals surface area contributed by atoms with Gasteiger partial charge in [0.05, 0.1) is 23.5 Å². The maximum Gasteiger partial charge on any atom is 0.135 e. The van der Waals surface area contributed by atoms with Gasteiger partial charge in [-0.25, -0.2) is 0 Å². The number of aryl methyl sites for hydroxylation is 1. The predicted octanol–water partition coefficient (Wildman–Crippen LogP) is 2.88. The molecule has 24 heavy (non-hydrogen) atoms. The number of fused-ring (bicyclic) bond motifs is 2. The summed E-state index contributed by atoms with van der Waals surface area (Å²) < 4.78 is 0. The molecule has 126 valence electrons. The molecule has 1 saturated heterocycles. The van der Waals surface area contributed by atoms with Gasteiger partial charge in [-0.2, -0.15) is 0 Å². The van der Waals surface area contributed by atoms with Crippen LogP contribution in [0, 0.1) is 6.92 Å². The number of thiophene rings is 1. The number of para-hydroxylation sites is 2. The zero-order valence-corrected chi connectivity index (χ0v) is 14.7. The van der Waals surface area contributed by atoms with Crippen LogP contribution >= 0.6 is 11.3 Å². The summed E-state index contributed by atoms with van der Waals surface area (Å²) >= 11 is 1.78. The third kappa shape index (κ3) is 3.31. The van der Waals surface area contributed by atoms with E-state index in [2.05, 4.69) is 58.1 Å². The predicted molar refractivity (Wildman–Crippen MR) is 103 cm³/mol. The summed E-state index contributed by atoms with van der Waals surface area (Å²) in [7, 11) is 0. The molecule has 0 unspecified atom stereocenters. The second-order valence-electron chi connectivity index (χ2n) is 6.22. The molecule has 5 nitrogen and oxygen atoms in total. The lowest BCUT2D eigenvalue weighted by atomic mass is 10.2. The van der Waals surface area contributed by atoms with Crippen LogP contribution in [0.2, 0.25) is 0 Å². The van der Waals surface area contributed by atoms with Gasteiger partial charge in [0.25, 0.3) is 0 Å². The van der Waals surface area contributed by atoms with Crippen molar-refractivity contribution in [1.82, 2.24) is 10.2 Å². The van der Waals surface area contributed by atoms with Crippen LogP contribution in [-0.2, 0) is 0 Å². The molecule has 2 aliphatic heterocycles. The maximum absolute atomic E-state index is 4.90. The van der Waals surface area contributed by atoms with E-state index in [1.54, 1.807) is 11.3 Å². The zero-order valence-electron chi connectivity index (χ0n) is 13.9. The Bertz CT molecular complexity index is 746. The van der Waals surface area contributed by atoms with E-state index in [9.17, 15) is 0 Å². The number of nitrogens with one attached hydrogen (secondary N) is 3. The van der Waals surface area contributed by atoms with Gasteiger partial charge in [-0.15, -0.1) is 11.3 Å². The molecule has 0 bridgehead atoms. The first-order chi connectivity index (χ1) is 11.8. The Labute approximate surface area is 146 Å². The van der Waals surface area contributed by atoms with Crippen molar-refractivity contribution in [2.24, 2.45) is 4.99 Å². The molecule has 3 heterocycles. The van der Waals surface area contributed by atoms with E-state index in [1.165, 1.54) is 15.4 Å². The summed E-state index contributed by atoms with van der Waals surface area (Å²) in [5.41, 5.74) is 3.36. The lowest BCUT2D eigenvalue weighted by Gasteiger charge is -2.26. The van der Waals surface area contributed by atoms with Crippen molar-refractivity contribution >= 4 is 33.5 Å². The minimum absolute atomic E-state index is 0.818. The largest absolute Gasteiger partial charge is 0.345 e. The van der Waals surface area contributed by atoms with Gasteiger partial charge in [-0.3, -0.25) is 9.89 Å². The number of hydrogen-bond acceptors (Lipinski definition) is 5. The van der Waals surface area contributed by atoms with E-state index in [0.717, 1.165) is 56.5 Å². The van der Waals surface area contributed by atoms with Crippen LogP contribution in [0.15, 0.2) is 35.3 Å². The highest BCUT2D eigenvalue weighted by atomic mass is 32.1. The fraction of sp³-hybridized carbons (Fsp3) is 0.389. The Hall–Kier alpha value is -1.89. The fourth-order valence-corrected chi connectivity index (χ4v) is 4.09. The summed E-state index contributed by atoms with van der Waals surface area (Å²) in [6.45, 7) is 8.38. The molecule has 2 aliphatic rings. The molecule has 0 radical (unpaired) electrons. The van der Waals surface area contributed by atoms with Gasteiger partial charge in [0, 0.05) is 37.6 Å². The average Bonchev–Trinajstić information content (AvgIpc) is 2.90. The van der Waals surface area contributed by atoms with Crippen LogP contribution in [0.5, 0.6) is 0 Å². The Kier molecular flexibility index (Phi) is 4.51. The normalized spacial score (nSPS) is 19.1. The quantitative estimate of drug-likeness (QED) is 0.803. The number of benzene rings is 1. The van der Waals surface area contributed by atoms with Gasteiger partial charge >= 0.3 is 0 Å². The summed E-state index contributed by atoms with van der Waals surface area (Å²) in [4.78, 5) is 8.67.